The lowest BCUT2D eigenvalue weighted by atomic mass is 10.1. The van der Waals surface area contributed by atoms with Crippen molar-refractivity contribution in [2.45, 2.75) is 142 Å². The Labute approximate surface area is 222 Å². The van der Waals surface area contributed by atoms with Gasteiger partial charge in [-0.15, -0.1) is 0 Å². The molecule has 0 spiro atoms. The van der Waals surface area contributed by atoms with Crippen molar-refractivity contribution in [3.63, 3.8) is 0 Å². The second-order valence-corrected chi connectivity index (χ2v) is 10.2. The number of ether oxygens (including phenoxy) is 2. The molecule has 0 rings (SSSR count). The summed E-state index contributed by atoms with van der Waals surface area (Å²) in [5.41, 5.74) is 0. The van der Waals surface area contributed by atoms with Crippen molar-refractivity contribution in [1.29, 1.82) is 0 Å². The zero-order valence-electron chi connectivity index (χ0n) is 23.9. The predicted octanol–water partition coefficient (Wildman–Crippen LogP) is 7.21. The van der Waals surface area contributed by atoms with E-state index < -0.39 is 0 Å². The maximum absolute atomic E-state index is 12.0. The molecule has 0 aromatic heterocycles. The van der Waals surface area contributed by atoms with E-state index in [-0.39, 0.29) is 18.5 Å². The van der Waals surface area contributed by atoms with Gasteiger partial charge in [-0.1, -0.05) is 117 Å². The van der Waals surface area contributed by atoms with Crippen LogP contribution in [-0.4, -0.2) is 61.4 Å². The van der Waals surface area contributed by atoms with Gasteiger partial charge in [-0.2, -0.15) is 0 Å². The topological polar surface area (TPSA) is 76.1 Å². The molecule has 36 heavy (non-hydrogen) atoms. The van der Waals surface area contributed by atoms with Crippen LogP contribution in [-0.2, 0) is 19.1 Å². The lowest BCUT2D eigenvalue weighted by Crippen LogP contribution is -2.34. The molecule has 0 aliphatic carbocycles. The first-order chi connectivity index (χ1) is 17.6. The van der Waals surface area contributed by atoms with Crippen LogP contribution < -0.4 is 0 Å². The summed E-state index contributed by atoms with van der Waals surface area (Å²) in [5, 5.41) is 9.29. The largest absolute Gasteiger partial charge is 0.464 e. The number of unbranched alkanes of at least 4 members (excludes halogenated alkanes) is 16. The Balaban J connectivity index is 3.67. The number of esters is 2. The van der Waals surface area contributed by atoms with Crippen LogP contribution in [0.25, 0.3) is 0 Å². The third kappa shape index (κ3) is 25.9. The van der Waals surface area contributed by atoms with Crippen LogP contribution in [0.15, 0.2) is 0 Å². The van der Waals surface area contributed by atoms with Gasteiger partial charge < -0.3 is 14.6 Å². The van der Waals surface area contributed by atoms with E-state index in [9.17, 15) is 14.7 Å². The van der Waals surface area contributed by atoms with Crippen LogP contribution in [0, 0.1) is 0 Å². The van der Waals surface area contributed by atoms with Crippen molar-refractivity contribution in [2.75, 3.05) is 39.5 Å². The molecule has 6 heteroatoms. The summed E-state index contributed by atoms with van der Waals surface area (Å²) >= 11 is 0. The minimum Gasteiger partial charge on any atom is -0.464 e. The smallest absolute Gasteiger partial charge is 0.305 e. The number of nitrogens with zero attached hydrogens (tertiary/aromatic N) is 1. The molecule has 0 aromatic rings. The normalized spacial score (nSPS) is 11.2. The van der Waals surface area contributed by atoms with E-state index >= 15 is 0 Å². The standard InChI is InChI=1S/C30H59NO5/c1-3-5-7-9-11-13-15-17-19-21-29(33)35-27-24-31(23-26-32)25-28-36-30(34)22-20-18-16-14-12-10-8-6-4-2/h32H,3-28H2,1-2H3. The minimum atomic E-state index is -0.144. The van der Waals surface area contributed by atoms with Crippen molar-refractivity contribution in [3.8, 4) is 0 Å². The van der Waals surface area contributed by atoms with E-state index in [1.165, 1.54) is 89.9 Å². The Bertz CT molecular complexity index is 446. The van der Waals surface area contributed by atoms with Crippen molar-refractivity contribution < 1.29 is 24.2 Å². The molecule has 0 radical (unpaired) electrons. The van der Waals surface area contributed by atoms with Crippen LogP contribution in [0.5, 0.6) is 0 Å². The van der Waals surface area contributed by atoms with E-state index in [0.717, 1.165) is 25.7 Å². The highest BCUT2D eigenvalue weighted by molar-refractivity contribution is 5.69. The average molecular weight is 514 g/mol. The number of aliphatic hydroxyl groups excluding tert-OH is 1. The van der Waals surface area contributed by atoms with E-state index in [0.29, 0.717) is 45.7 Å². The molecule has 0 heterocycles. The van der Waals surface area contributed by atoms with Gasteiger partial charge in [0.2, 0.25) is 0 Å². The van der Waals surface area contributed by atoms with Gasteiger partial charge in [0, 0.05) is 32.5 Å². The zero-order valence-corrected chi connectivity index (χ0v) is 23.9. The third-order valence-electron chi connectivity index (χ3n) is 6.73. The van der Waals surface area contributed by atoms with E-state index in [1.54, 1.807) is 0 Å². The second kappa shape index (κ2) is 28.4. The molecule has 0 aliphatic rings. The molecular weight excluding hydrogens is 454 g/mol. The lowest BCUT2D eigenvalue weighted by Gasteiger charge is -2.20. The molecule has 0 saturated carbocycles. The molecule has 0 aromatic carbocycles. The molecule has 214 valence electrons. The van der Waals surface area contributed by atoms with Crippen molar-refractivity contribution in [2.24, 2.45) is 0 Å². The van der Waals surface area contributed by atoms with Gasteiger partial charge in [0.1, 0.15) is 13.2 Å². The molecule has 0 bridgehead atoms. The number of hydrogen-bond acceptors (Lipinski definition) is 6. The molecule has 0 fully saturated rings. The first-order valence-electron chi connectivity index (χ1n) is 15.3. The molecule has 1 N–H and O–H groups in total. The molecule has 0 unspecified atom stereocenters. The van der Waals surface area contributed by atoms with Crippen LogP contribution in [0.1, 0.15) is 142 Å². The Morgan fingerprint density at radius 1 is 0.528 bits per heavy atom. The highest BCUT2D eigenvalue weighted by atomic mass is 16.5. The van der Waals surface area contributed by atoms with Crippen LogP contribution >= 0.6 is 0 Å². The highest BCUT2D eigenvalue weighted by Crippen LogP contribution is 2.12. The summed E-state index contributed by atoms with van der Waals surface area (Å²) in [6.45, 7) is 6.68. The zero-order chi connectivity index (χ0) is 26.5. The van der Waals surface area contributed by atoms with Crippen LogP contribution in [0.2, 0.25) is 0 Å². The summed E-state index contributed by atoms with van der Waals surface area (Å²) in [4.78, 5) is 25.9. The van der Waals surface area contributed by atoms with Crippen molar-refractivity contribution in [1.82, 2.24) is 4.90 Å². The van der Waals surface area contributed by atoms with E-state index in [2.05, 4.69) is 13.8 Å². The van der Waals surface area contributed by atoms with Gasteiger partial charge in [-0.3, -0.25) is 14.5 Å². The van der Waals surface area contributed by atoms with Gasteiger partial charge in [0.15, 0.2) is 0 Å². The second-order valence-electron chi connectivity index (χ2n) is 10.2. The van der Waals surface area contributed by atoms with Gasteiger partial charge in [0.25, 0.3) is 0 Å². The fraction of sp³-hybridized carbons (Fsp3) is 0.933. The van der Waals surface area contributed by atoms with Gasteiger partial charge in [-0.25, -0.2) is 0 Å². The molecular formula is C30H59NO5. The fourth-order valence-electron chi connectivity index (χ4n) is 4.36. The Kier molecular flexibility index (Phi) is 27.5. The van der Waals surface area contributed by atoms with E-state index in [4.69, 9.17) is 9.47 Å². The Morgan fingerprint density at radius 3 is 1.19 bits per heavy atom. The first kappa shape index (κ1) is 34.9. The summed E-state index contributed by atoms with van der Waals surface area (Å²) in [6, 6.07) is 0. The number of carbonyl (C=O) groups excluding carboxylic acids is 2. The number of carbonyl (C=O) groups is 2. The Hall–Kier alpha value is -1.14. The number of hydrogen-bond donors (Lipinski definition) is 1. The minimum absolute atomic E-state index is 0.0266. The average Bonchev–Trinajstić information content (AvgIpc) is 2.86. The maximum atomic E-state index is 12.0. The van der Waals surface area contributed by atoms with Crippen LogP contribution in [0.4, 0.5) is 0 Å². The summed E-state index contributed by atoms with van der Waals surface area (Å²) in [5.74, 6) is -0.288. The molecule has 0 amide bonds. The van der Waals surface area contributed by atoms with Crippen molar-refractivity contribution >= 4 is 11.9 Å². The fourth-order valence-corrected chi connectivity index (χ4v) is 4.36. The summed E-state index contributed by atoms with van der Waals surface area (Å²) in [7, 11) is 0. The molecule has 0 atom stereocenters. The summed E-state index contributed by atoms with van der Waals surface area (Å²) in [6.07, 6.45) is 23.0. The van der Waals surface area contributed by atoms with Crippen molar-refractivity contribution in [3.05, 3.63) is 0 Å². The number of rotatable bonds is 28. The highest BCUT2D eigenvalue weighted by Gasteiger charge is 2.09. The van der Waals surface area contributed by atoms with Gasteiger partial charge in [0.05, 0.1) is 6.61 Å². The summed E-state index contributed by atoms with van der Waals surface area (Å²) < 4.78 is 10.7. The quantitative estimate of drug-likeness (QED) is 0.0880. The number of aliphatic hydroxyl groups is 1. The molecule has 0 saturated heterocycles. The van der Waals surface area contributed by atoms with Crippen LogP contribution in [0.3, 0.4) is 0 Å². The van der Waals surface area contributed by atoms with Gasteiger partial charge >= 0.3 is 11.9 Å². The maximum Gasteiger partial charge on any atom is 0.305 e. The SMILES string of the molecule is CCCCCCCCCCCC(=O)OCCN(CCO)CCOC(=O)CCCCCCCCCCC. The van der Waals surface area contributed by atoms with Gasteiger partial charge in [-0.05, 0) is 12.8 Å². The predicted molar refractivity (Wildman–Crippen MR) is 149 cm³/mol. The molecule has 0 aliphatic heterocycles. The third-order valence-corrected chi connectivity index (χ3v) is 6.73. The Morgan fingerprint density at radius 2 is 0.861 bits per heavy atom. The van der Waals surface area contributed by atoms with E-state index in [1.807, 2.05) is 4.90 Å². The first-order valence-corrected chi connectivity index (χ1v) is 15.3. The monoisotopic (exact) mass is 513 g/mol. The molecule has 6 nitrogen and oxygen atoms in total. The lowest BCUT2D eigenvalue weighted by molar-refractivity contribution is -0.144.